The lowest BCUT2D eigenvalue weighted by atomic mass is 9.71. The van der Waals surface area contributed by atoms with Gasteiger partial charge in [0.15, 0.2) is 0 Å². The molecule has 6 heteroatoms. The van der Waals surface area contributed by atoms with E-state index in [1.165, 1.54) is 5.06 Å². The average Bonchev–Trinajstić information content (AvgIpc) is 3.02. The van der Waals surface area contributed by atoms with Crippen LogP contribution in [0.1, 0.15) is 50.5 Å². The summed E-state index contributed by atoms with van der Waals surface area (Å²) in [6.07, 6.45) is 5.27. The highest BCUT2D eigenvalue weighted by Gasteiger charge is 2.49. The van der Waals surface area contributed by atoms with Crippen molar-refractivity contribution in [3.63, 3.8) is 0 Å². The van der Waals surface area contributed by atoms with Crippen LogP contribution in [-0.4, -0.2) is 40.2 Å². The molecule has 0 saturated carbocycles. The Morgan fingerprint density at radius 3 is 2.86 bits per heavy atom. The highest BCUT2D eigenvalue weighted by atomic mass is 16.5. The molecule has 0 radical (unpaired) electrons. The topological polar surface area (TPSA) is 71.8 Å². The summed E-state index contributed by atoms with van der Waals surface area (Å²) in [7, 11) is 0. The number of carbonyl (C=O) groups excluding carboxylic acids is 2. The van der Waals surface area contributed by atoms with Crippen molar-refractivity contribution in [2.24, 2.45) is 5.41 Å². The Morgan fingerprint density at radius 1 is 1.36 bits per heavy atom. The Hall–Kier alpha value is -2.44. The lowest BCUT2D eigenvalue weighted by Crippen LogP contribution is -2.49. The minimum Gasteiger partial charge on any atom is -0.462 e. The van der Waals surface area contributed by atoms with Gasteiger partial charge < -0.3 is 19.3 Å². The molecule has 0 aliphatic carbocycles. The predicted molar refractivity (Wildman–Crippen MR) is 106 cm³/mol. The van der Waals surface area contributed by atoms with Gasteiger partial charge in [0.1, 0.15) is 12.5 Å². The molecule has 28 heavy (non-hydrogen) atoms. The SMILES string of the molecule is CCOC(=O)C1=C[C@]2(CC)CCCN(O)[C@@H]2n2c1c(CC=O)c1ccccc12. The fourth-order valence-electron chi connectivity index (χ4n) is 5.01. The third-order valence-electron chi connectivity index (χ3n) is 6.21. The summed E-state index contributed by atoms with van der Waals surface area (Å²) in [5.74, 6) is -0.375. The van der Waals surface area contributed by atoms with Gasteiger partial charge in [0.05, 0.1) is 23.4 Å². The summed E-state index contributed by atoms with van der Waals surface area (Å²) in [6.45, 7) is 4.74. The minimum atomic E-state index is -0.375. The molecule has 0 spiro atoms. The number of carbonyl (C=O) groups is 2. The molecule has 4 rings (SSSR count). The van der Waals surface area contributed by atoms with Gasteiger partial charge in [0.25, 0.3) is 0 Å². The molecular formula is C22H26N2O4. The predicted octanol–water partition coefficient (Wildman–Crippen LogP) is 3.72. The van der Waals surface area contributed by atoms with Crippen molar-refractivity contribution in [1.29, 1.82) is 0 Å². The molecule has 2 aromatic rings. The molecule has 148 valence electrons. The van der Waals surface area contributed by atoms with Crippen LogP contribution < -0.4 is 0 Å². The first-order valence-corrected chi connectivity index (χ1v) is 9.99. The molecule has 1 aromatic carbocycles. The van der Waals surface area contributed by atoms with Gasteiger partial charge in [-0.15, -0.1) is 0 Å². The van der Waals surface area contributed by atoms with E-state index in [0.29, 0.717) is 17.8 Å². The van der Waals surface area contributed by atoms with Gasteiger partial charge in [-0.25, -0.2) is 4.79 Å². The highest BCUT2D eigenvalue weighted by molar-refractivity contribution is 6.18. The van der Waals surface area contributed by atoms with E-state index in [1.54, 1.807) is 6.92 Å². The summed E-state index contributed by atoms with van der Waals surface area (Å²) in [6, 6.07) is 7.84. The monoisotopic (exact) mass is 382 g/mol. The number of aromatic nitrogens is 1. The lowest BCUT2D eigenvalue weighted by molar-refractivity contribution is -0.203. The Bertz CT molecular complexity index is 961. The van der Waals surface area contributed by atoms with Crippen LogP contribution in [0.25, 0.3) is 16.5 Å². The van der Waals surface area contributed by atoms with E-state index >= 15 is 0 Å². The number of hydrogen-bond donors (Lipinski definition) is 1. The van der Waals surface area contributed by atoms with Crippen LogP contribution in [0.3, 0.4) is 0 Å². The van der Waals surface area contributed by atoms with Crippen molar-refractivity contribution in [3.05, 3.63) is 41.6 Å². The van der Waals surface area contributed by atoms with Gasteiger partial charge in [0, 0.05) is 23.8 Å². The van der Waals surface area contributed by atoms with Crippen LogP contribution in [0.2, 0.25) is 0 Å². The van der Waals surface area contributed by atoms with E-state index in [9.17, 15) is 14.8 Å². The number of benzene rings is 1. The Labute approximate surface area is 164 Å². The third-order valence-corrected chi connectivity index (χ3v) is 6.21. The van der Waals surface area contributed by atoms with Crippen LogP contribution in [-0.2, 0) is 20.7 Å². The largest absolute Gasteiger partial charge is 0.462 e. The quantitative estimate of drug-likeness (QED) is 0.630. The second kappa shape index (κ2) is 7.18. The number of esters is 1. The maximum atomic E-state index is 12.9. The normalized spacial score (nSPS) is 24.4. The lowest BCUT2D eigenvalue weighted by Gasteiger charge is -2.49. The number of nitrogens with zero attached hydrogens (tertiary/aromatic N) is 2. The molecule has 2 atom stereocenters. The number of fused-ring (bicyclic) bond motifs is 5. The molecule has 1 saturated heterocycles. The maximum absolute atomic E-state index is 12.9. The highest BCUT2D eigenvalue weighted by Crippen LogP contribution is 2.53. The van der Waals surface area contributed by atoms with Crippen LogP contribution in [0.15, 0.2) is 30.3 Å². The first kappa shape index (κ1) is 18.9. The standard InChI is InChI=1S/C22H26N2O4/c1-3-22-11-7-12-23(27)21(22)24-18-9-6-5-8-15(18)16(10-13-25)19(24)17(14-22)20(26)28-4-2/h5-6,8-9,13-14,21,27H,3-4,7,10-12H2,1-2H3/t21-,22+/m1/s1. The third kappa shape index (κ3) is 2.63. The second-order valence-corrected chi connectivity index (χ2v) is 7.59. The van der Waals surface area contributed by atoms with Crippen molar-refractivity contribution in [3.8, 4) is 0 Å². The van der Waals surface area contributed by atoms with E-state index < -0.39 is 0 Å². The van der Waals surface area contributed by atoms with Gasteiger partial charge >= 0.3 is 5.97 Å². The molecular weight excluding hydrogens is 356 g/mol. The zero-order valence-corrected chi connectivity index (χ0v) is 16.4. The number of hydrogen-bond acceptors (Lipinski definition) is 5. The molecule has 3 heterocycles. The van der Waals surface area contributed by atoms with Crippen molar-refractivity contribution in [2.45, 2.75) is 45.7 Å². The minimum absolute atomic E-state index is 0.205. The maximum Gasteiger partial charge on any atom is 0.339 e. The van der Waals surface area contributed by atoms with Crippen molar-refractivity contribution in [1.82, 2.24) is 9.63 Å². The number of piperidine rings is 1. The molecule has 6 nitrogen and oxygen atoms in total. The molecule has 0 unspecified atom stereocenters. The zero-order chi connectivity index (χ0) is 19.9. The molecule has 1 aromatic heterocycles. The molecule has 0 amide bonds. The summed E-state index contributed by atoms with van der Waals surface area (Å²) in [4.78, 5) is 24.4. The first-order chi connectivity index (χ1) is 13.6. The smallest absolute Gasteiger partial charge is 0.339 e. The summed E-state index contributed by atoms with van der Waals surface area (Å²) < 4.78 is 7.44. The number of hydroxylamine groups is 2. The van der Waals surface area contributed by atoms with Gasteiger partial charge in [-0.3, -0.25) is 0 Å². The van der Waals surface area contributed by atoms with E-state index in [1.807, 2.05) is 30.3 Å². The summed E-state index contributed by atoms with van der Waals surface area (Å²) in [5, 5.41) is 13.2. The van der Waals surface area contributed by atoms with Crippen LogP contribution in [0.5, 0.6) is 0 Å². The van der Waals surface area contributed by atoms with E-state index in [-0.39, 0.29) is 30.6 Å². The summed E-state index contributed by atoms with van der Waals surface area (Å²) >= 11 is 0. The van der Waals surface area contributed by atoms with Crippen molar-refractivity contribution < 1.29 is 19.5 Å². The van der Waals surface area contributed by atoms with Gasteiger partial charge in [-0.1, -0.05) is 31.2 Å². The van der Waals surface area contributed by atoms with Gasteiger partial charge in [-0.05, 0) is 37.8 Å². The molecule has 2 aliphatic heterocycles. The number of rotatable bonds is 5. The Morgan fingerprint density at radius 2 is 2.14 bits per heavy atom. The zero-order valence-electron chi connectivity index (χ0n) is 16.4. The molecule has 1 fully saturated rings. The Kier molecular flexibility index (Phi) is 4.85. The van der Waals surface area contributed by atoms with E-state index in [0.717, 1.165) is 42.0 Å². The second-order valence-electron chi connectivity index (χ2n) is 7.59. The fourth-order valence-corrected chi connectivity index (χ4v) is 5.01. The number of para-hydroxylation sites is 1. The number of ether oxygens (including phenoxy) is 1. The van der Waals surface area contributed by atoms with E-state index in [2.05, 4.69) is 11.5 Å². The fraction of sp³-hybridized carbons (Fsp3) is 0.455. The average molecular weight is 382 g/mol. The van der Waals surface area contributed by atoms with Gasteiger partial charge in [0.2, 0.25) is 0 Å². The van der Waals surface area contributed by atoms with Gasteiger partial charge in [-0.2, -0.15) is 5.06 Å². The van der Waals surface area contributed by atoms with Crippen molar-refractivity contribution >= 4 is 28.7 Å². The first-order valence-electron chi connectivity index (χ1n) is 9.99. The Balaban J connectivity index is 2.08. The summed E-state index contributed by atoms with van der Waals surface area (Å²) in [5.41, 5.74) is 2.56. The van der Waals surface area contributed by atoms with Crippen LogP contribution in [0.4, 0.5) is 0 Å². The van der Waals surface area contributed by atoms with Crippen molar-refractivity contribution in [2.75, 3.05) is 13.2 Å². The van der Waals surface area contributed by atoms with Crippen LogP contribution in [0, 0.1) is 5.41 Å². The molecule has 0 bridgehead atoms. The van der Waals surface area contributed by atoms with Crippen LogP contribution >= 0.6 is 0 Å². The number of aldehydes is 1. The van der Waals surface area contributed by atoms with E-state index in [4.69, 9.17) is 4.74 Å². The molecule has 2 aliphatic rings. The molecule has 1 N–H and O–H groups in total.